The maximum atomic E-state index is 12.7. The molecule has 8 unspecified atom stereocenters. The smallest absolute Gasteiger partial charge is 0.481 e. The Morgan fingerprint density at radius 1 is 1.03 bits per heavy atom. The van der Waals surface area contributed by atoms with Crippen molar-refractivity contribution < 1.29 is 95.5 Å². The van der Waals surface area contributed by atoms with E-state index in [4.69, 9.17) is 24.6 Å². The van der Waals surface area contributed by atoms with Crippen LogP contribution in [0.1, 0.15) is 46.8 Å². The number of nitrogens with one attached hydrogen (secondary N) is 2. The maximum absolute atomic E-state index is 12.7. The van der Waals surface area contributed by atoms with Gasteiger partial charge in [0.1, 0.15) is 41.9 Å². The van der Waals surface area contributed by atoms with Crippen LogP contribution in [0.25, 0.3) is 11.2 Å². The number of carboxylic acids is 1. The fourth-order valence-corrected chi connectivity index (χ4v) is 8.92. The van der Waals surface area contributed by atoms with E-state index in [9.17, 15) is 67.8 Å². The number of carboxylic acid groups (broad SMARTS) is 1. The quantitative estimate of drug-likeness (QED) is 0.0447. The number of fused-ring (bicyclic) bond motifs is 1. The van der Waals surface area contributed by atoms with Crippen LogP contribution in [0.4, 0.5) is 5.82 Å². The summed E-state index contributed by atoms with van der Waals surface area (Å²) in [6.07, 6.45) is -8.02. The highest BCUT2D eigenvalue weighted by molar-refractivity contribution is 8.13. The number of aliphatic carboxylic acids is 1. The molecule has 0 aromatic carbocycles. The molecule has 0 bridgehead atoms. The number of aromatic nitrogens is 4. The number of nitrogens with zero attached hydrogens (tertiary/aromatic N) is 4. The number of amides is 2. The van der Waals surface area contributed by atoms with Crippen molar-refractivity contribution in [3.05, 3.63) is 12.7 Å². The standard InChI is InChI=1S/C28H46N7O20P3S/c1-14(2)28(43,9-17(37)38)26(42)59-8-7-30-16(36)5-6-31-24(41)21(40)27(3,4)11-52-58(49,50)55-57(47,48)51-10-15-20(54-56(44,45)46)19(39)25(53-15)35-13-34-18-22(29)32-12-33-23(18)35/h12-15,19-21,25,39-40,43H,5-11H2,1-4H3,(H,30,36)(H,31,41)(H,37,38)(H,47,48)(H,49,50)(H2,29,32,33)(H2,44,45,46). The number of hydrogen-bond acceptors (Lipinski definition) is 20. The summed E-state index contributed by atoms with van der Waals surface area (Å²) >= 11 is 0.634. The molecule has 1 aliphatic rings. The number of nitrogen functional groups attached to an aromatic ring is 1. The van der Waals surface area contributed by atoms with Gasteiger partial charge < -0.3 is 61.1 Å². The van der Waals surface area contributed by atoms with Crippen molar-refractivity contribution in [2.24, 2.45) is 11.3 Å². The molecule has 3 rings (SSSR count). The van der Waals surface area contributed by atoms with E-state index < -0.39 is 114 Å². The second kappa shape index (κ2) is 20.2. The van der Waals surface area contributed by atoms with Crippen molar-refractivity contribution in [1.82, 2.24) is 30.2 Å². The van der Waals surface area contributed by atoms with Crippen LogP contribution in [-0.2, 0) is 55.5 Å². The molecule has 2 amide bonds. The topological polar surface area (TPSA) is 421 Å². The number of phosphoric acid groups is 3. The van der Waals surface area contributed by atoms with Gasteiger partial charge in [-0.3, -0.25) is 37.3 Å². The van der Waals surface area contributed by atoms with Gasteiger partial charge in [0.25, 0.3) is 0 Å². The van der Waals surface area contributed by atoms with Gasteiger partial charge >= 0.3 is 29.4 Å². The highest BCUT2D eigenvalue weighted by Crippen LogP contribution is 2.61. The van der Waals surface area contributed by atoms with E-state index in [0.717, 1.165) is 17.2 Å². The molecule has 12 N–H and O–H groups in total. The molecule has 334 valence electrons. The van der Waals surface area contributed by atoms with Crippen LogP contribution in [0.5, 0.6) is 0 Å². The summed E-state index contributed by atoms with van der Waals surface area (Å²) in [5.41, 5.74) is 2.06. The fraction of sp³-hybridized carbons (Fsp3) is 0.679. The van der Waals surface area contributed by atoms with Gasteiger partial charge in [-0.1, -0.05) is 39.5 Å². The number of carbonyl (C=O) groups is 4. The van der Waals surface area contributed by atoms with Crippen molar-refractivity contribution in [3.63, 3.8) is 0 Å². The molecule has 8 atom stereocenters. The number of carbonyl (C=O) groups excluding carboxylic acids is 3. The first kappa shape index (κ1) is 50.3. The molecule has 2 aromatic rings. The number of thioether (sulfide) groups is 1. The molecule has 2 aromatic heterocycles. The lowest BCUT2D eigenvalue weighted by molar-refractivity contribution is -0.150. The number of aliphatic hydroxyl groups is 3. The van der Waals surface area contributed by atoms with E-state index in [1.165, 1.54) is 27.7 Å². The SMILES string of the molecule is CC(C)C(O)(CC(=O)O)C(=O)SCCNC(=O)CCNC(=O)C(O)C(C)(C)COP(=O)(O)OP(=O)(O)OCC1OC(n2cnc3c(N)ncnc32)C(O)C1OP(=O)(O)O. The Morgan fingerprint density at radius 2 is 1.68 bits per heavy atom. The number of phosphoric ester groups is 3. The van der Waals surface area contributed by atoms with Crippen LogP contribution in [-0.4, -0.2) is 144 Å². The van der Waals surface area contributed by atoms with Crippen molar-refractivity contribution in [2.45, 2.75) is 76.8 Å². The zero-order valence-corrected chi connectivity index (χ0v) is 35.2. The third-order valence-electron chi connectivity index (χ3n) is 8.46. The van der Waals surface area contributed by atoms with Gasteiger partial charge in [0.05, 0.1) is 26.0 Å². The Kier molecular flexibility index (Phi) is 17.3. The Hall–Kier alpha value is -3.01. The summed E-state index contributed by atoms with van der Waals surface area (Å²) in [7, 11) is -16.5. The predicted molar refractivity (Wildman–Crippen MR) is 199 cm³/mol. The second-order valence-electron chi connectivity index (χ2n) is 13.9. The number of nitrogens with two attached hydrogens (primary N) is 1. The summed E-state index contributed by atoms with van der Waals surface area (Å²) in [4.78, 5) is 99.1. The number of imidazole rings is 1. The molecule has 31 heteroatoms. The molecule has 0 aliphatic carbocycles. The summed E-state index contributed by atoms with van der Waals surface area (Å²) in [6, 6.07) is 0. The Balaban J connectivity index is 1.48. The predicted octanol–water partition coefficient (Wildman–Crippen LogP) is -1.47. The zero-order chi connectivity index (χ0) is 44.7. The minimum Gasteiger partial charge on any atom is -0.481 e. The first-order chi connectivity index (χ1) is 27.1. The molecular weight excluding hydrogens is 879 g/mol. The van der Waals surface area contributed by atoms with Crippen molar-refractivity contribution >= 4 is 75.1 Å². The van der Waals surface area contributed by atoms with Crippen LogP contribution >= 0.6 is 35.2 Å². The van der Waals surface area contributed by atoms with E-state index in [-0.39, 0.29) is 42.2 Å². The lowest BCUT2D eigenvalue weighted by atomic mass is 9.87. The Morgan fingerprint density at radius 3 is 2.29 bits per heavy atom. The van der Waals surface area contributed by atoms with E-state index in [0.29, 0.717) is 11.8 Å². The molecule has 0 saturated carbocycles. The largest absolute Gasteiger partial charge is 0.481 e. The fourth-order valence-electron chi connectivity index (χ4n) is 5.14. The highest BCUT2D eigenvalue weighted by atomic mass is 32.2. The van der Waals surface area contributed by atoms with Crippen LogP contribution in [0.2, 0.25) is 0 Å². The minimum atomic E-state index is -5.61. The first-order valence-electron chi connectivity index (χ1n) is 17.1. The number of aliphatic hydroxyl groups excluding tert-OH is 2. The monoisotopic (exact) mass is 925 g/mol. The van der Waals surface area contributed by atoms with E-state index in [1.54, 1.807) is 0 Å². The molecule has 1 saturated heterocycles. The molecule has 1 aliphatic heterocycles. The molecule has 1 fully saturated rings. The number of ether oxygens (including phenoxy) is 1. The summed E-state index contributed by atoms with van der Waals surface area (Å²) in [5, 5.41) is 44.9. The van der Waals surface area contributed by atoms with Gasteiger partial charge in [0.15, 0.2) is 17.7 Å². The van der Waals surface area contributed by atoms with Gasteiger partial charge in [-0.05, 0) is 5.92 Å². The van der Waals surface area contributed by atoms with Crippen molar-refractivity contribution in [2.75, 3.05) is 37.8 Å². The van der Waals surface area contributed by atoms with Crippen molar-refractivity contribution in [3.8, 4) is 0 Å². The highest BCUT2D eigenvalue weighted by Gasteiger charge is 2.50. The summed E-state index contributed by atoms with van der Waals surface area (Å²) < 4.78 is 62.0. The van der Waals surface area contributed by atoms with E-state index in [2.05, 4.69) is 34.4 Å². The number of rotatable bonds is 23. The summed E-state index contributed by atoms with van der Waals surface area (Å²) in [5.74, 6) is -3.74. The maximum Gasteiger partial charge on any atom is 0.481 e. The minimum absolute atomic E-state index is 0.000886. The molecule has 3 heterocycles. The Bertz CT molecular complexity index is 1990. The number of hydrogen-bond donors (Lipinski definition) is 11. The zero-order valence-electron chi connectivity index (χ0n) is 31.7. The van der Waals surface area contributed by atoms with Gasteiger partial charge in [-0.25, -0.2) is 28.6 Å². The first-order valence-corrected chi connectivity index (χ1v) is 22.6. The molecule has 0 spiro atoms. The van der Waals surface area contributed by atoms with Crippen LogP contribution in [0, 0.1) is 11.3 Å². The third-order valence-corrected chi connectivity index (χ3v) is 12.6. The van der Waals surface area contributed by atoms with Gasteiger partial charge in [0.2, 0.25) is 16.9 Å². The normalized spacial score (nSPS) is 22.3. The Labute approximate surface area is 338 Å². The van der Waals surface area contributed by atoms with Crippen molar-refractivity contribution in [1.29, 1.82) is 0 Å². The number of anilines is 1. The van der Waals surface area contributed by atoms with Gasteiger partial charge in [0, 0.05) is 30.7 Å². The molecule has 0 radical (unpaired) electrons. The summed E-state index contributed by atoms with van der Waals surface area (Å²) in [6.45, 7) is 2.95. The molecular formula is C28H46N7O20P3S. The lowest BCUT2D eigenvalue weighted by Crippen LogP contribution is -2.46. The van der Waals surface area contributed by atoms with Gasteiger partial charge in [-0.2, -0.15) is 4.31 Å². The second-order valence-corrected chi connectivity index (χ2v) is 19.2. The molecule has 59 heavy (non-hydrogen) atoms. The van der Waals surface area contributed by atoms with Crippen LogP contribution < -0.4 is 16.4 Å². The van der Waals surface area contributed by atoms with Crippen LogP contribution in [0.15, 0.2) is 12.7 Å². The van der Waals surface area contributed by atoms with Gasteiger partial charge in [-0.15, -0.1) is 0 Å². The van der Waals surface area contributed by atoms with E-state index >= 15 is 0 Å². The molecule has 27 nitrogen and oxygen atoms in total. The average Bonchev–Trinajstić information content (AvgIpc) is 3.67. The third kappa shape index (κ3) is 14.3. The van der Waals surface area contributed by atoms with Crippen LogP contribution in [0.3, 0.4) is 0 Å². The van der Waals surface area contributed by atoms with E-state index in [1.807, 2.05) is 0 Å². The average molecular weight is 926 g/mol. The lowest BCUT2D eigenvalue weighted by Gasteiger charge is -2.30.